The molecule has 28 heavy (non-hydrogen) atoms. The molecule has 2 rings (SSSR count). The van der Waals surface area contributed by atoms with Gasteiger partial charge in [0, 0.05) is 7.05 Å². The van der Waals surface area contributed by atoms with Crippen molar-refractivity contribution in [1.82, 2.24) is 4.90 Å². The molecular weight excluding hydrogens is 346 g/mol. The van der Waals surface area contributed by atoms with Crippen molar-refractivity contribution in [3.63, 3.8) is 0 Å². The number of likely N-dealkylation sites (N-methyl/N-ethyl adjacent to an activating group) is 1. The van der Waals surface area contributed by atoms with E-state index in [1.165, 1.54) is 5.56 Å². The maximum absolute atomic E-state index is 12.3. The highest BCUT2D eigenvalue weighted by Crippen LogP contribution is 2.14. The molecule has 0 saturated heterocycles. The Labute approximate surface area is 169 Å². The molecule has 0 fully saturated rings. The number of nitrogens with zero attached hydrogens (tertiary/aromatic N) is 1. The Morgan fingerprint density at radius 1 is 1.04 bits per heavy atom. The Bertz CT molecular complexity index is 797. The molecule has 0 atom stereocenters. The molecule has 3 heteroatoms. The highest BCUT2D eigenvalue weighted by atomic mass is 16.6. The molecule has 0 N–H and O–H groups in total. The lowest BCUT2D eigenvalue weighted by Gasteiger charge is -2.25. The maximum atomic E-state index is 12.3. The van der Waals surface area contributed by atoms with E-state index in [4.69, 9.17) is 4.74 Å². The van der Waals surface area contributed by atoms with Crippen molar-refractivity contribution in [2.45, 2.75) is 45.6 Å². The Morgan fingerprint density at radius 3 is 2.25 bits per heavy atom. The molecule has 0 aromatic heterocycles. The molecule has 3 nitrogen and oxygen atoms in total. The zero-order valence-electron chi connectivity index (χ0n) is 17.4. The SMILES string of the molecule is CN(CC(=C=Cc1ccccc1)CCCc1ccccc1)C(=O)OC(C)(C)C. The molecule has 0 unspecified atom stereocenters. The van der Waals surface area contributed by atoms with Crippen LogP contribution in [-0.2, 0) is 11.2 Å². The van der Waals surface area contributed by atoms with E-state index in [0.717, 1.165) is 30.4 Å². The summed E-state index contributed by atoms with van der Waals surface area (Å²) in [6, 6.07) is 20.6. The minimum Gasteiger partial charge on any atom is -0.444 e. The third kappa shape index (κ3) is 8.28. The van der Waals surface area contributed by atoms with Gasteiger partial charge in [-0.2, -0.15) is 0 Å². The Hall–Kier alpha value is -2.77. The van der Waals surface area contributed by atoms with Crippen LogP contribution in [0.5, 0.6) is 0 Å². The minimum absolute atomic E-state index is 0.311. The lowest BCUT2D eigenvalue weighted by molar-refractivity contribution is 0.0312. The van der Waals surface area contributed by atoms with Gasteiger partial charge in [0.25, 0.3) is 0 Å². The average molecular weight is 378 g/mol. The van der Waals surface area contributed by atoms with Gasteiger partial charge in [-0.25, -0.2) is 4.79 Å². The zero-order valence-corrected chi connectivity index (χ0v) is 17.4. The van der Waals surface area contributed by atoms with Gasteiger partial charge in [0.05, 0.1) is 6.54 Å². The number of hydrogen-bond donors (Lipinski definition) is 0. The second-order valence-electron chi connectivity index (χ2n) is 7.98. The summed E-state index contributed by atoms with van der Waals surface area (Å²) >= 11 is 0. The number of benzene rings is 2. The summed E-state index contributed by atoms with van der Waals surface area (Å²) in [6.45, 7) is 6.15. The van der Waals surface area contributed by atoms with Gasteiger partial charge in [-0.15, -0.1) is 5.73 Å². The van der Waals surface area contributed by atoms with Crippen LogP contribution >= 0.6 is 0 Å². The molecule has 0 heterocycles. The van der Waals surface area contributed by atoms with Crippen molar-refractivity contribution in [2.75, 3.05) is 13.6 Å². The normalized spacial score (nSPS) is 10.7. The van der Waals surface area contributed by atoms with Gasteiger partial charge in [0.15, 0.2) is 0 Å². The van der Waals surface area contributed by atoms with E-state index in [9.17, 15) is 4.79 Å². The van der Waals surface area contributed by atoms with Crippen molar-refractivity contribution in [3.8, 4) is 0 Å². The predicted octanol–water partition coefficient (Wildman–Crippen LogP) is 6.11. The van der Waals surface area contributed by atoms with Crippen LogP contribution in [0.2, 0.25) is 0 Å². The smallest absolute Gasteiger partial charge is 0.410 e. The number of hydrogen-bond acceptors (Lipinski definition) is 2. The first kappa shape index (κ1) is 21.5. The minimum atomic E-state index is -0.498. The number of rotatable bonds is 7. The first-order chi connectivity index (χ1) is 13.3. The van der Waals surface area contributed by atoms with Crippen molar-refractivity contribution in [1.29, 1.82) is 0 Å². The topological polar surface area (TPSA) is 29.5 Å². The quantitative estimate of drug-likeness (QED) is 0.544. The van der Waals surface area contributed by atoms with E-state index < -0.39 is 5.60 Å². The molecule has 2 aromatic rings. The van der Waals surface area contributed by atoms with Crippen molar-refractivity contribution >= 4 is 12.2 Å². The third-order valence-corrected chi connectivity index (χ3v) is 4.16. The lowest BCUT2D eigenvalue weighted by atomic mass is 10.0. The Balaban J connectivity index is 2.07. The fraction of sp³-hybridized carbons (Fsp3) is 0.360. The molecule has 0 saturated carbocycles. The van der Waals surface area contributed by atoms with E-state index in [2.05, 4.69) is 30.0 Å². The highest BCUT2D eigenvalue weighted by molar-refractivity contribution is 5.68. The van der Waals surface area contributed by atoms with Crippen LogP contribution in [0.4, 0.5) is 4.79 Å². The lowest BCUT2D eigenvalue weighted by Crippen LogP contribution is -2.35. The van der Waals surface area contributed by atoms with Crippen molar-refractivity contribution in [3.05, 3.63) is 83.1 Å². The van der Waals surface area contributed by atoms with Crippen molar-refractivity contribution in [2.24, 2.45) is 0 Å². The van der Waals surface area contributed by atoms with Gasteiger partial charge >= 0.3 is 6.09 Å². The molecule has 0 aliphatic rings. The molecule has 1 amide bonds. The van der Waals surface area contributed by atoms with Gasteiger partial charge in [-0.1, -0.05) is 60.7 Å². The maximum Gasteiger partial charge on any atom is 0.410 e. The van der Waals surface area contributed by atoms with E-state index in [1.807, 2.05) is 63.2 Å². The summed E-state index contributed by atoms with van der Waals surface area (Å²) in [5, 5.41) is 0. The van der Waals surface area contributed by atoms with E-state index >= 15 is 0 Å². The van der Waals surface area contributed by atoms with Crippen LogP contribution in [0.25, 0.3) is 6.08 Å². The number of aryl methyl sites for hydroxylation is 1. The van der Waals surface area contributed by atoms with Crippen LogP contribution in [-0.4, -0.2) is 30.2 Å². The number of carbonyl (C=O) groups excluding carboxylic acids is 1. The predicted molar refractivity (Wildman–Crippen MR) is 116 cm³/mol. The summed E-state index contributed by atoms with van der Waals surface area (Å²) in [6.07, 6.45) is 4.58. The van der Waals surface area contributed by atoms with Crippen LogP contribution in [0.3, 0.4) is 0 Å². The van der Waals surface area contributed by atoms with Gasteiger partial charge < -0.3 is 9.64 Å². The first-order valence-corrected chi connectivity index (χ1v) is 9.81. The molecule has 2 aromatic carbocycles. The molecule has 0 aliphatic carbocycles. The number of amides is 1. The molecular formula is C25H31NO2. The van der Waals surface area contributed by atoms with Crippen LogP contribution in [0.15, 0.2) is 72.0 Å². The molecule has 0 bridgehead atoms. The van der Waals surface area contributed by atoms with E-state index in [0.29, 0.717) is 6.54 Å². The van der Waals surface area contributed by atoms with Crippen LogP contribution in [0.1, 0.15) is 44.7 Å². The number of carbonyl (C=O) groups is 1. The molecule has 0 aliphatic heterocycles. The van der Waals surface area contributed by atoms with E-state index in [-0.39, 0.29) is 6.09 Å². The zero-order chi connectivity index (χ0) is 20.4. The standard InChI is InChI=1S/C25H31NO2/c1-25(2,3)28-24(27)26(4)20-23(19-18-22-14-9-6-10-15-22)17-11-16-21-12-7-5-8-13-21/h5-10,12-15,18H,11,16-17,20H2,1-4H3. The van der Waals surface area contributed by atoms with Crippen LogP contribution in [0, 0.1) is 0 Å². The van der Waals surface area contributed by atoms with Gasteiger partial charge in [-0.05, 0) is 62.8 Å². The summed E-state index contributed by atoms with van der Waals surface area (Å²) in [5.41, 5.74) is 6.43. The van der Waals surface area contributed by atoms with Gasteiger partial charge in [-0.3, -0.25) is 0 Å². The fourth-order valence-electron chi connectivity index (χ4n) is 2.77. The monoisotopic (exact) mass is 377 g/mol. The molecule has 148 valence electrons. The van der Waals surface area contributed by atoms with Gasteiger partial charge in [0.2, 0.25) is 0 Å². The largest absolute Gasteiger partial charge is 0.444 e. The first-order valence-electron chi connectivity index (χ1n) is 9.81. The summed E-state index contributed by atoms with van der Waals surface area (Å²) in [4.78, 5) is 13.9. The summed E-state index contributed by atoms with van der Waals surface area (Å²) in [7, 11) is 1.77. The fourth-order valence-corrected chi connectivity index (χ4v) is 2.77. The summed E-state index contributed by atoms with van der Waals surface area (Å²) < 4.78 is 5.47. The van der Waals surface area contributed by atoms with Crippen LogP contribution < -0.4 is 0 Å². The second kappa shape index (κ2) is 10.5. The third-order valence-electron chi connectivity index (χ3n) is 4.16. The van der Waals surface area contributed by atoms with Crippen molar-refractivity contribution < 1.29 is 9.53 Å². The molecule has 0 spiro atoms. The summed E-state index contributed by atoms with van der Waals surface area (Å²) in [5.74, 6) is 0. The Morgan fingerprint density at radius 2 is 1.64 bits per heavy atom. The Kier molecular flexibility index (Phi) is 8.10. The molecule has 0 radical (unpaired) electrons. The second-order valence-corrected chi connectivity index (χ2v) is 7.98. The number of ether oxygens (including phenoxy) is 1. The van der Waals surface area contributed by atoms with Gasteiger partial charge in [0.1, 0.15) is 5.60 Å². The highest BCUT2D eigenvalue weighted by Gasteiger charge is 2.20. The average Bonchev–Trinajstić information content (AvgIpc) is 2.66. The van der Waals surface area contributed by atoms with E-state index in [1.54, 1.807) is 11.9 Å².